The van der Waals surface area contributed by atoms with Gasteiger partial charge in [0, 0.05) is 15.5 Å². The average molecular weight is 359 g/mol. The second-order valence-corrected chi connectivity index (χ2v) is 5.44. The van der Waals surface area contributed by atoms with E-state index in [2.05, 4.69) is 37.2 Å². The van der Waals surface area contributed by atoms with Crippen molar-refractivity contribution in [1.29, 1.82) is 0 Å². The minimum Gasteiger partial charge on any atom is -0.379 e. The molecule has 4 heteroatoms. The Kier molecular flexibility index (Phi) is 4.18. The average Bonchev–Trinajstić information content (AvgIpc) is 2.30. The third-order valence-corrected chi connectivity index (χ3v) is 3.35. The van der Waals surface area contributed by atoms with Gasteiger partial charge in [0.25, 0.3) is 0 Å². The van der Waals surface area contributed by atoms with Gasteiger partial charge in [-0.2, -0.15) is 0 Å². The van der Waals surface area contributed by atoms with Crippen LogP contribution in [0.15, 0.2) is 51.4 Å². The zero-order valence-corrected chi connectivity index (χ0v) is 12.1. The Morgan fingerprint density at radius 3 is 2.24 bits per heavy atom. The van der Waals surface area contributed by atoms with Crippen molar-refractivity contribution in [1.82, 2.24) is 0 Å². The summed E-state index contributed by atoms with van der Waals surface area (Å²) in [4.78, 5) is 0. The second kappa shape index (κ2) is 5.65. The number of anilines is 1. The van der Waals surface area contributed by atoms with Crippen molar-refractivity contribution < 1.29 is 4.39 Å². The molecular weight excluding hydrogens is 349 g/mol. The Bertz CT molecular complexity index is 511. The molecule has 88 valence electrons. The quantitative estimate of drug-likeness (QED) is 0.817. The predicted molar refractivity (Wildman–Crippen MR) is 75.6 cm³/mol. The lowest BCUT2D eigenvalue weighted by Crippen LogP contribution is -2.01. The molecule has 0 spiro atoms. The maximum absolute atomic E-state index is 13.5. The van der Waals surface area contributed by atoms with Gasteiger partial charge >= 0.3 is 0 Å². The lowest BCUT2D eigenvalue weighted by atomic mass is 10.2. The highest BCUT2D eigenvalue weighted by molar-refractivity contribution is 9.10. The first-order chi connectivity index (χ1) is 8.15. The normalized spacial score (nSPS) is 10.3. The Labute approximate surface area is 116 Å². The van der Waals surface area contributed by atoms with Crippen molar-refractivity contribution in [3.05, 3.63) is 62.8 Å². The van der Waals surface area contributed by atoms with E-state index >= 15 is 0 Å². The number of hydrogen-bond donors (Lipinski definition) is 1. The third-order valence-electron chi connectivity index (χ3n) is 2.33. The molecule has 0 unspecified atom stereocenters. The Morgan fingerprint density at radius 2 is 1.59 bits per heavy atom. The summed E-state index contributed by atoms with van der Waals surface area (Å²) in [6, 6.07) is 12.9. The molecule has 0 aliphatic rings. The van der Waals surface area contributed by atoms with Crippen molar-refractivity contribution in [3.8, 4) is 0 Å². The van der Waals surface area contributed by atoms with Gasteiger partial charge in [0.2, 0.25) is 0 Å². The molecule has 2 aromatic rings. The lowest BCUT2D eigenvalue weighted by molar-refractivity contribution is 0.629. The largest absolute Gasteiger partial charge is 0.379 e. The van der Waals surface area contributed by atoms with Crippen LogP contribution in [0.4, 0.5) is 10.1 Å². The van der Waals surface area contributed by atoms with Crippen LogP contribution in [0.5, 0.6) is 0 Å². The highest BCUT2D eigenvalue weighted by Crippen LogP contribution is 2.20. The van der Waals surface area contributed by atoms with Gasteiger partial charge in [-0.1, -0.05) is 44.0 Å². The van der Waals surface area contributed by atoms with Crippen molar-refractivity contribution >= 4 is 37.5 Å². The Hall–Kier alpha value is -0.870. The zero-order chi connectivity index (χ0) is 12.3. The molecule has 0 radical (unpaired) electrons. The zero-order valence-electron chi connectivity index (χ0n) is 8.88. The van der Waals surface area contributed by atoms with Crippen molar-refractivity contribution in [2.45, 2.75) is 6.54 Å². The van der Waals surface area contributed by atoms with Gasteiger partial charge in [-0.15, -0.1) is 0 Å². The topological polar surface area (TPSA) is 12.0 Å². The third kappa shape index (κ3) is 3.54. The van der Waals surface area contributed by atoms with Gasteiger partial charge in [0.05, 0.1) is 5.69 Å². The number of nitrogens with one attached hydrogen (secondary N) is 1. The summed E-state index contributed by atoms with van der Waals surface area (Å²) < 4.78 is 15.3. The van der Waals surface area contributed by atoms with Gasteiger partial charge in [-0.05, 0) is 35.9 Å². The summed E-state index contributed by atoms with van der Waals surface area (Å²) in [7, 11) is 0. The highest BCUT2D eigenvalue weighted by Gasteiger charge is 2.02. The minimum absolute atomic E-state index is 0.253. The molecule has 0 amide bonds. The first-order valence-electron chi connectivity index (χ1n) is 5.08. The molecular formula is C13H10Br2FN. The van der Waals surface area contributed by atoms with Crippen LogP contribution in [0.2, 0.25) is 0 Å². The maximum Gasteiger partial charge on any atom is 0.147 e. The highest BCUT2D eigenvalue weighted by atomic mass is 79.9. The molecule has 1 nitrogen and oxygen atoms in total. The SMILES string of the molecule is Fc1cc(Br)ccc1NCc1ccc(Br)cc1. The lowest BCUT2D eigenvalue weighted by Gasteiger charge is -2.08. The minimum atomic E-state index is -0.253. The first-order valence-corrected chi connectivity index (χ1v) is 6.67. The maximum atomic E-state index is 13.5. The van der Waals surface area contributed by atoms with Crippen LogP contribution in [0.3, 0.4) is 0 Å². The van der Waals surface area contributed by atoms with Crippen LogP contribution in [-0.4, -0.2) is 0 Å². The molecule has 0 atom stereocenters. The van der Waals surface area contributed by atoms with E-state index in [1.54, 1.807) is 6.07 Å². The Balaban J connectivity index is 2.04. The first kappa shape index (κ1) is 12.6. The van der Waals surface area contributed by atoms with Crippen molar-refractivity contribution in [2.75, 3.05) is 5.32 Å². The summed E-state index contributed by atoms with van der Waals surface area (Å²) >= 11 is 6.60. The van der Waals surface area contributed by atoms with Gasteiger partial charge in [-0.3, -0.25) is 0 Å². The summed E-state index contributed by atoms with van der Waals surface area (Å²) in [6.45, 7) is 0.603. The molecule has 0 aliphatic heterocycles. The van der Waals surface area contributed by atoms with Gasteiger partial charge in [0.15, 0.2) is 0 Å². The molecule has 0 saturated heterocycles. The Morgan fingerprint density at radius 1 is 0.941 bits per heavy atom. The second-order valence-electron chi connectivity index (χ2n) is 3.60. The van der Waals surface area contributed by atoms with E-state index in [9.17, 15) is 4.39 Å². The molecule has 17 heavy (non-hydrogen) atoms. The van der Waals surface area contributed by atoms with Gasteiger partial charge in [-0.25, -0.2) is 4.39 Å². The predicted octanol–water partition coefficient (Wildman–Crippen LogP) is 4.96. The standard InChI is InChI=1S/C13H10Br2FN/c14-10-3-1-9(2-4-10)8-17-13-6-5-11(15)7-12(13)16/h1-7,17H,8H2. The summed E-state index contributed by atoms with van der Waals surface area (Å²) in [6.07, 6.45) is 0. The van der Waals surface area contributed by atoms with E-state index in [0.29, 0.717) is 12.2 Å². The van der Waals surface area contributed by atoms with Gasteiger partial charge in [0.1, 0.15) is 5.82 Å². The van der Waals surface area contributed by atoms with Crippen LogP contribution in [-0.2, 0) is 6.54 Å². The molecule has 2 aromatic carbocycles. The number of halogens is 3. The van der Waals surface area contributed by atoms with Crippen LogP contribution < -0.4 is 5.32 Å². The molecule has 0 heterocycles. The fourth-order valence-electron chi connectivity index (χ4n) is 1.43. The molecule has 0 aromatic heterocycles. The van der Waals surface area contributed by atoms with E-state index in [0.717, 1.165) is 14.5 Å². The summed E-state index contributed by atoms with van der Waals surface area (Å²) in [5.74, 6) is -0.253. The van der Waals surface area contributed by atoms with E-state index < -0.39 is 0 Å². The monoisotopic (exact) mass is 357 g/mol. The number of benzene rings is 2. The fourth-order valence-corrected chi connectivity index (χ4v) is 2.03. The molecule has 0 bridgehead atoms. The molecule has 2 rings (SSSR count). The molecule has 0 aliphatic carbocycles. The smallest absolute Gasteiger partial charge is 0.147 e. The van der Waals surface area contributed by atoms with Gasteiger partial charge < -0.3 is 5.32 Å². The summed E-state index contributed by atoms with van der Waals surface area (Å²) in [5, 5.41) is 3.06. The number of rotatable bonds is 3. The van der Waals surface area contributed by atoms with E-state index in [1.807, 2.05) is 30.3 Å². The number of hydrogen-bond acceptors (Lipinski definition) is 1. The van der Waals surface area contributed by atoms with Crippen LogP contribution in [0.1, 0.15) is 5.56 Å². The van der Waals surface area contributed by atoms with E-state index in [-0.39, 0.29) is 5.82 Å². The van der Waals surface area contributed by atoms with Crippen LogP contribution in [0, 0.1) is 5.82 Å². The molecule has 0 fully saturated rings. The fraction of sp³-hybridized carbons (Fsp3) is 0.0769. The van der Waals surface area contributed by atoms with Crippen molar-refractivity contribution in [2.24, 2.45) is 0 Å². The molecule has 1 N–H and O–H groups in total. The molecule has 0 saturated carbocycles. The van der Waals surface area contributed by atoms with E-state index in [1.165, 1.54) is 6.07 Å². The van der Waals surface area contributed by atoms with E-state index in [4.69, 9.17) is 0 Å². The van der Waals surface area contributed by atoms with Crippen molar-refractivity contribution in [3.63, 3.8) is 0 Å². The van der Waals surface area contributed by atoms with Crippen LogP contribution in [0.25, 0.3) is 0 Å². The summed E-state index contributed by atoms with van der Waals surface area (Å²) in [5.41, 5.74) is 1.62. The van der Waals surface area contributed by atoms with Crippen LogP contribution >= 0.6 is 31.9 Å².